The Morgan fingerprint density at radius 2 is 1.84 bits per heavy atom. The summed E-state index contributed by atoms with van der Waals surface area (Å²) >= 11 is 0. The summed E-state index contributed by atoms with van der Waals surface area (Å²) in [4.78, 5) is 62.0. The Labute approximate surface area is 330 Å². The van der Waals surface area contributed by atoms with Gasteiger partial charge in [-0.3, -0.25) is 19.1 Å². The van der Waals surface area contributed by atoms with E-state index in [0.717, 1.165) is 4.90 Å². The molecule has 3 N–H and O–H groups in total. The summed E-state index contributed by atoms with van der Waals surface area (Å²) < 4.78 is 78.4. The predicted octanol–water partition coefficient (Wildman–Crippen LogP) is 5.05. The van der Waals surface area contributed by atoms with Crippen molar-refractivity contribution in [2.75, 3.05) is 13.7 Å². The molecule has 57 heavy (non-hydrogen) atoms. The Bertz CT molecular complexity index is 2150. The number of alkyl carbamates (subject to hydrolysis) is 1. The third-order valence-corrected chi connectivity index (χ3v) is 14.0. The molecule has 0 bridgehead atoms. The van der Waals surface area contributed by atoms with Crippen LogP contribution in [-0.4, -0.2) is 89.3 Å². The zero-order valence-electron chi connectivity index (χ0n) is 33.1. The molecule has 1 spiro atoms. The number of sulfonamides is 1. The molecule has 2 aliphatic carbocycles. The Morgan fingerprint density at radius 3 is 2.53 bits per heavy atom. The monoisotopic (exact) mass is 815 g/mol. The molecule has 7 rings (SSSR count). The maximum Gasteiger partial charge on any atom is 0.408 e. The number of carbonyl (C=O) groups excluding carboxylic acids is 4. The Hall–Kier alpha value is -4.54. The molecule has 2 saturated carbocycles. The molecule has 0 unspecified atom stereocenters. The molecule has 4 heterocycles. The molecule has 17 heteroatoms. The number of allylic oxidation sites excluding steroid dienone is 1. The lowest BCUT2D eigenvalue weighted by Gasteiger charge is -2.40. The van der Waals surface area contributed by atoms with Crippen LogP contribution in [0.4, 0.5) is 13.6 Å². The maximum absolute atomic E-state index is 16.8. The van der Waals surface area contributed by atoms with Crippen molar-refractivity contribution < 1.29 is 50.6 Å². The molecule has 1 saturated heterocycles. The number of fused-ring (bicyclic) bond motifs is 5. The van der Waals surface area contributed by atoms with Gasteiger partial charge in [0.1, 0.15) is 34.6 Å². The number of aryl methyl sites for hydroxylation is 1. The topological polar surface area (TPSA) is 182 Å². The van der Waals surface area contributed by atoms with Crippen molar-refractivity contribution >= 4 is 44.7 Å². The van der Waals surface area contributed by atoms with Gasteiger partial charge in [-0.05, 0) is 91.3 Å². The predicted molar refractivity (Wildman–Crippen MR) is 204 cm³/mol. The lowest BCUT2D eigenvalue weighted by atomic mass is 9.84. The van der Waals surface area contributed by atoms with Crippen LogP contribution in [0.1, 0.15) is 103 Å². The van der Waals surface area contributed by atoms with E-state index in [4.69, 9.17) is 14.2 Å². The second kappa shape index (κ2) is 14.1. The number of benzene rings is 1. The number of amides is 4. The quantitative estimate of drug-likeness (QED) is 0.346. The van der Waals surface area contributed by atoms with Crippen LogP contribution >= 0.6 is 0 Å². The van der Waals surface area contributed by atoms with E-state index in [1.165, 1.54) is 20.1 Å². The van der Waals surface area contributed by atoms with Gasteiger partial charge in [-0.25, -0.2) is 27.0 Å². The molecule has 1 aromatic carbocycles. The highest BCUT2D eigenvalue weighted by Crippen LogP contribution is 2.55. The second-order valence-corrected chi connectivity index (χ2v) is 19.8. The van der Waals surface area contributed by atoms with E-state index in [0.29, 0.717) is 49.8 Å². The zero-order chi connectivity index (χ0) is 41.3. The van der Waals surface area contributed by atoms with Crippen molar-refractivity contribution in [3.8, 4) is 11.5 Å². The smallest absolute Gasteiger partial charge is 0.408 e. The average Bonchev–Trinajstić information content (AvgIpc) is 4.00. The lowest BCUT2D eigenvalue weighted by Crippen LogP contribution is -2.58. The van der Waals surface area contributed by atoms with Crippen LogP contribution in [0.2, 0.25) is 0 Å². The van der Waals surface area contributed by atoms with Crippen molar-refractivity contribution in [2.24, 2.45) is 5.92 Å². The molecule has 3 fully saturated rings. The number of halogens is 2. The highest BCUT2D eigenvalue weighted by molar-refractivity contribution is 7.91. The number of hydrogen-bond acceptors (Lipinski definition) is 10. The number of pyridine rings is 1. The molecule has 0 radical (unpaired) electrons. The number of nitrogens with zero attached hydrogens (tertiary/aromatic N) is 2. The molecule has 2 aromatic rings. The largest absolute Gasteiger partial charge is 0.497 e. The Balaban J connectivity index is 1.28. The lowest BCUT2D eigenvalue weighted by molar-refractivity contribution is -0.141. The first-order valence-electron chi connectivity index (χ1n) is 19.5. The summed E-state index contributed by atoms with van der Waals surface area (Å²) in [5.74, 6) is -6.38. The van der Waals surface area contributed by atoms with Gasteiger partial charge in [0, 0.05) is 17.7 Å². The van der Waals surface area contributed by atoms with Gasteiger partial charge in [-0.15, -0.1) is 0 Å². The zero-order valence-corrected chi connectivity index (χ0v) is 33.9. The molecule has 4 amide bonds. The number of hydrogen-bond donors (Lipinski definition) is 3. The minimum Gasteiger partial charge on any atom is -0.497 e. The van der Waals surface area contributed by atoms with Gasteiger partial charge in [-0.1, -0.05) is 25.0 Å². The molecule has 3 aliphatic heterocycles. The van der Waals surface area contributed by atoms with Crippen LogP contribution in [-0.2, 0) is 35.1 Å². The summed E-state index contributed by atoms with van der Waals surface area (Å²) in [6, 6.07) is 2.01. The first kappa shape index (κ1) is 40.6. The van der Waals surface area contributed by atoms with E-state index in [9.17, 15) is 27.6 Å². The summed E-state index contributed by atoms with van der Waals surface area (Å²) in [7, 11) is -2.66. The molecular formula is C40H51F2N5O9S. The molecule has 310 valence electrons. The van der Waals surface area contributed by atoms with Gasteiger partial charge < -0.3 is 29.7 Å². The number of aromatic nitrogens is 1. The average molecular weight is 816 g/mol. The Kier molecular flexibility index (Phi) is 10.0. The normalized spacial score (nSPS) is 30.0. The number of ether oxygens (including phenoxy) is 3. The van der Waals surface area contributed by atoms with Crippen LogP contribution in [0.3, 0.4) is 0 Å². The standard InChI is InChI=1S/C40H51F2N5O9S/c1-23-31-30(26-18-25(54-6)14-15-27(26)43-23)40(41,42)21-38(55-31)20-29-32(48)45-39(34(50)46-57(52,53)37(5)16-17-37)19-24(39)12-10-8-7-9-11-13-28(33(49)47(29)22-38)44-35(51)56-36(2,3)4/h10,12,14-15,18,24,28-29H,7-9,11,13,16-17,19-22H2,1-6H3,(H,44,51)(H,45,48)(H,46,50)/b12-10-/t24-,28-,29-,38-,39+/m0/s1. The van der Waals surface area contributed by atoms with Gasteiger partial charge in [0.2, 0.25) is 21.8 Å². The second-order valence-electron chi connectivity index (χ2n) is 17.6. The fourth-order valence-corrected chi connectivity index (χ4v) is 9.66. The van der Waals surface area contributed by atoms with E-state index in [1.54, 1.807) is 45.9 Å². The van der Waals surface area contributed by atoms with Crippen LogP contribution < -0.4 is 24.8 Å². The van der Waals surface area contributed by atoms with Crippen molar-refractivity contribution in [1.29, 1.82) is 0 Å². The fraction of sp³-hybridized carbons (Fsp3) is 0.625. The summed E-state index contributed by atoms with van der Waals surface area (Å²) in [6.07, 6.45) is 5.01. The van der Waals surface area contributed by atoms with Crippen LogP contribution in [0, 0.1) is 12.8 Å². The number of alkyl halides is 2. The van der Waals surface area contributed by atoms with Gasteiger partial charge in [0.25, 0.3) is 11.8 Å². The first-order valence-corrected chi connectivity index (χ1v) is 21.0. The van der Waals surface area contributed by atoms with E-state index in [-0.39, 0.29) is 35.2 Å². The number of carbonyl (C=O) groups is 4. The third-order valence-electron chi connectivity index (χ3n) is 11.8. The first-order chi connectivity index (χ1) is 26.6. The summed E-state index contributed by atoms with van der Waals surface area (Å²) in [6.45, 7) is 7.64. The molecule has 5 atom stereocenters. The van der Waals surface area contributed by atoms with Crippen molar-refractivity contribution in [1.82, 2.24) is 25.2 Å². The molecular weight excluding hydrogens is 765 g/mol. The van der Waals surface area contributed by atoms with Gasteiger partial charge in [0.05, 0.1) is 41.6 Å². The molecule has 14 nitrogen and oxygen atoms in total. The minimum atomic E-state index is -4.08. The van der Waals surface area contributed by atoms with E-state index >= 15 is 8.78 Å². The SMILES string of the molecule is COc1ccc2nc(C)c3c(c2c1)C(F)(F)C[C@]1(C[C@H]2C(=O)N[C@]4(C(=O)NS(=O)(=O)C5(C)CC5)C[C@@H]4/C=C\CCCCC[C@H](NC(=O)OC(C)(C)C)C(=O)N2C1)O3. The van der Waals surface area contributed by atoms with Crippen molar-refractivity contribution in [3.05, 3.63) is 41.6 Å². The third kappa shape index (κ3) is 7.75. The van der Waals surface area contributed by atoms with Gasteiger partial charge in [0.15, 0.2) is 5.75 Å². The van der Waals surface area contributed by atoms with Gasteiger partial charge >= 0.3 is 6.09 Å². The maximum atomic E-state index is 16.8. The van der Waals surface area contributed by atoms with Crippen LogP contribution in [0.15, 0.2) is 30.4 Å². The van der Waals surface area contributed by atoms with Crippen LogP contribution in [0.5, 0.6) is 11.5 Å². The van der Waals surface area contributed by atoms with Crippen molar-refractivity contribution in [3.63, 3.8) is 0 Å². The number of methoxy groups -OCH3 is 1. The van der Waals surface area contributed by atoms with E-state index < -0.39 is 98.6 Å². The van der Waals surface area contributed by atoms with E-state index in [1.807, 2.05) is 6.08 Å². The summed E-state index contributed by atoms with van der Waals surface area (Å²) in [5, 5.41) is 5.57. The van der Waals surface area contributed by atoms with Crippen LogP contribution in [0.25, 0.3) is 10.9 Å². The van der Waals surface area contributed by atoms with E-state index in [2.05, 4.69) is 20.3 Å². The van der Waals surface area contributed by atoms with Crippen molar-refractivity contribution in [2.45, 2.75) is 138 Å². The summed E-state index contributed by atoms with van der Waals surface area (Å²) in [5.41, 5.74) is -4.27. The van der Waals surface area contributed by atoms with Gasteiger partial charge in [-0.2, -0.15) is 0 Å². The minimum absolute atomic E-state index is 0.0886. The molecule has 1 aromatic heterocycles. The number of rotatable bonds is 5. The Morgan fingerprint density at radius 1 is 1.11 bits per heavy atom. The molecule has 5 aliphatic rings. The highest BCUT2D eigenvalue weighted by Gasteiger charge is 2.65. The number of nitrogens with one attached hydrogen (secondary N) is 3. The highest BCUT2D eigenvalue weighted by atomic mass is 32.2. The fourth-order valence-electron chi connectivity index (χ4n) is 8.34.